The highest BCUT2D eigenvalue weighted by molar-refractivity contribution is 6.33. The summed E-state index contributed by atoms with van der Waals surface area (Å²) in [5, 5.41) is 15.6. The third kappa shape index (κ3) is 3.83. The normalized spacial score (nSPS) is 14.8. The van der Waals surface area contributed by atoms with E-state index in [0.717, 1.165) is 5.82 Å². The number of rotatable bonds is 6. The van der Waals surface area contributed by atoms with Crippen LogP contribution < -0.4 is 5.32 Å². The topological polar surface area (TPSA) is 91.3 Å². The molecule has 6 rings (SSSR count). The van der Waals surface area contributed by atoms with Crippen molar-refractivity contribution in [3.63, 3.8) is 0 Å². The second kappa shape index (κ2) is 8.98. The number of nitrogens with one attached hydrogen (secondary N) is 1. The van der Waals surface area contributed by atoms with Crippen LogP contribution in [-0.4, -0.2) is 45.8 Å². The fraction of sp³-hybridized carbons (Fsp3) is 0.240. The van der Waals surface area contributed by atoms with E-state index in [1.807, 2.05) is 0 Å². The number of nitrogens with zero attached hydrogens (tertiary/aromatic N) is 8. The first-order valence-corrected chi connectivity index (χ1v) is 12.1. The fourth-order valence-corrected chi connectivity index (χ4v) is 4.95. The van der Waals surface area contributed by atoms with E-state index in [1.54, 1.807) is 46.9 Å². The molecule has 194 valence electrons. The average Bonchev–Trinajstić information content (AvgIpc) is 3.63. The van der Waals surface area contributed by atoms with Crippen LogP contribution >= 0.6 is 11.6 Å². The molecule has 0 radical (unpaired) electrons. The number of anilines is 2. The van der Waals surface area contributed by atoms with Crippen molar-refractivity contribution in [3.8, 4) is 22.6 Å². The minimum atomic E-state index is -3.52. The molecule has 38 heavy (non-hydrogen) atoms. The summed E-state index contributed by atoms with van der Waals surface area (Å²) < 4.78 is 50.3. The Labute approximate surface area is 219 Å². The third-order valence-corrected chi connectivity index (χ3v) is 6.94. The second-order valence-corrected chi connectivity index (χ2v) is 9.42. The zero-order valence-electron chi connectivity index (χ0n) is 20.3. The zero-order valence-corrected chi connectivity index (χ0v) is 21.0. The number of fused-ring (bicyclic) bond motifs is 3. The summed E-state index contributed by atoms with van der Waals surface area (Å²) in [5.74, 6) is -2.71. The molecule has 1 aliphatic heterocycles. The molecule has 0 unspecified atom stereocenters. The van der Waals surface area contributed by atoms with Gasteiger partial charge in [0.1, 0.15) is 18.3 Å². The lowest BCUT2D eigenvalue weighted by Crippen LogP contribution is -2.30. The highest BCUT2D eigenvalue weighted by atomic mass is 35.5. The predicted molar refractivity (Wildman–Crippen MR) is 135 cm³/mol. The molecule has 0 bridgehead atoms. The molecule has 0 aromatic carbocycles. The number of halogens is 4. The number of hydrogen-bond acceptors (Lipinski definition) is 6. The maximum atomic E-state index is 15.7. The Balaban J connectivity index is 1.42. The number of pyridine rings is 2. The molecule has 5 aromatic heterocycles. The van der Waals surface area contributed by atoms with Crippen molar-refractivity contribution >= 4 is 23.2 Å². The van der Waals surface area contributed by atoms with E-state index in [4.69, 9.17) is 11.6 Å². The van der Waals surface area contributed by atoms with Crippen LogP contribution in [-0.2, 0) is 19.5 Å². The molecule has 1 aliphatic rings. The fourth-order valence-electron chi connectivity index (χ4n) is 4.74. The molecule has 0 saturated heterocycles. The van der Waals surface area contributed by atoms with Gasteiger partial charge < -0.3 is 9.88 Å². The van der Waals surface area contributed by atoms with E-state index in [1.165, 1.54) is 36.0 Å². The molecule has 0 saturated carbocycles. The minimum absolute atomic E-state index is 0.120. The summed E-state index contributed by atoms with van der Waals surface area (Å²) >= 11 is 6.49. The highest BCUT2D eigenvalue weighted by Crippen LogP contribution is 2.42. The number of aromatic nitrogens is 8. The van der Waals surface area contributed by atoms with Crippen LogP contribution in [0, 0.1) is 6.92 Å². The number of alkyl halides is 3. The summed E-state index contributed by atoms with van der Waals surface area (Å²) in [4.78, 5) is 8.31. The lowest BCUT2D eigenvalue weighted by atomic mass is 10.1. The Kier molecular flexibility index (Phi) is 5.71. The molecule has 13 heteroatoms. The largest absolute Gasteiger partial charge is 0.342 e. The lowest BCUT2D eigenvalue weighted by Gasteiger charge is -2.28. The van der Waals surface area contributed by atoms with Gasteiger partial charge >= 0.3 is 5.92 Å². The molecule has 6 heterocycles. The third-order valence-electron chi connectivity index (χ3n) is 6.64. The van der Waals surface area contributed by atoms with Gasteiger partial charge in [0.25, 0.3) is 0 Å². The van der Waals surface area contributed by atoms with Gasteiger partial charge in [-0.05, 0) is 31.2 Å². The molecule has 5 aromatic rings. The van der Waals surface area contributed by atoms with E-state index in [2.05, 4.69) is 30.6 Å². The van der Waals surface area contributed by atoms with Gasteiger partial charge in [0.15, 0.2) is 5.82 Å². The SMILES string of the molecule is Cc1ncccc1C(F)(F)c1nnc2n1[C@@H](CF)Cn1cc(-c3cc(Nc4ccnn4C)ncc3Cl)cc1-2. The van der Waals surface area contributed by atoms with Gasteiger partial charge in [0.05, 0.1) is 28.5 Å². The van der Waals surface area contributed by atoms with Gasteiger partial charge in [0, 0.05) is 55.1 Å². The van der Waals surface area contributed by atoms with Gasteiger partial charge in [0.2, 0.25) is 5.82 Å². The van der Waals surface area contributed by atoms with Crippen molar-refractivity contribution in [2.24, 2.45) is 7.05 Å². The summed E-state index contributed by atoms with van der Waals surface area (Å²) in [5.41, 5.74) is 1.75. The second-order valence-electron chi connectivity index (χ2n) is 9.02. The molecular formula is C25H21ClF3N9. The summed E-state index contributed by atoms with van der Waals surface area (Å²) in [7, 11) is 1.80. The molecule has 0 amide bonds. The Bertz CT molecular complexity index is 1660. The molecule has 0 fully saturated rings. The van der Waals surface area contributed by atoms with Crippen LogP contribution in [0.15, 0.2) is 55.1 Å². The Hall–Kier alpha value is -4.19. The Morgan fingerprint density at radius 3 is 2.74 bits per heavy atom. The molecule has 9 nitrogen and oxygen atoms in total. The lowest BCUT2D eigenvalue weighted by molar-refractivity contribution is 0.0247. The first-order chi connectivity index (χ1) is 18.3. The predicted octanol–water partition coefficient (Wildman–Crippen LogP) is 5.31. The Morgan fingerprint density at radius 2 is 2.00 bits per heavy atom. The van der Waals surface area contributed by atoms with Gasteiger partial charge in [-0.15, -0.1) is 10.2 Å². The first-order valence-electron chi connectivity index (χ1n) is 11.7. The van der Waals surface area contributed by atoms with Crippen LogP contribution in [0.25, 0.3) is 22.6 Å². The molecule has 1 atom stereocenters. The van der Waals surface area contributed by atoms with Crippen molar-refractivity contribution in [1.29, 1.82) is 0 Å². The number of aryl methyl sites for hydroxylation is 2. The maximum Gasteiger partial charge on any atom is 0.333 e. The van der Waals surface area contributed by atoms with Gasteiger partial charge in [-0.2, -0.15) is 13.9 Å². The highest BCUT2D eigenvalue weighted by Gasteiger charge is 2.44. The molecular weight excluding hydrogens is 519 g/mol. The van der Waals surface area contributed by atoms with E-state index in [9.17, 15) is 4.39 Å². The van der Waals surface area contributed by atoms with Crippen LogP contribution in [0.5, 0.6) is 0 Å². The quantitative estimate of drug-likeness (QED) is 0.314. The van der Waals surface area contributed by atoms with E-state index < -0.39 is 24.5 Å². The first kappa shape index (κ1) is 24.2. The molecule has 0 aliphatic carbocycles. The van der Waals surface area contributed by atoms with Crippen molar-refractivity contribution < 1.29 is 13.2 Å². The summed E-state index contributed by atoms with van der Waals surface area (Å²) in [6.45, 7) is 0.743. The average molecular weight is 540 g/mol. The van der Waals surface area contributed by atoms with Gasteiger partial charge in [-0.1, -0.05) is 11.6 Å². The van der Waals surface area contributed by atoms with E-state index in [-0.39, 0.29) is 23.6 Å². The van der Waals surface area contributed by atoms with E-state index in [0.29, 0.717) is 27.7 Å². The molecule has 0 spiro atoms. The zero-order chi connectivity index (χ0) is 26.6. The van der Waals surface area contributed by atoms with Crippen LogP contribution in [0.3, 0.4) is 0 Å². The monoisotopic (exact) mass is 539 g/mol. The number of hydrogen-bond donors (Lipinski definition) is 1. The van der Waals surface area contributed by atoms with Crippen LogP contribution in [0.2, 0.25) is 5.02 Å². The Morgan fingerprint density at radius 1 is 1.16 bits per heavy atom. The standard InChI is InChI=1S/C25H21ClF3N9/c1-14-18(4-3-6-30-14)25(28,29)24-35-34-23-20-8-15(12-37(20)13-16(10-27)38(23)24)17-9-21(31-11-19(17)26)33-22-5-7-32-36(22)2/h3-9,11-12,16H,10,13H2,1-2H3,(H,31,33)/t16-/m0/s1. The molecule has 1 N–H and O–H groups in total. The van der Waals surface area contributed by atoms with Crippen molar-refractivity contribution in [2.45, 2.75) is 25.4 Å². The maximum absolute atomic E-state index is 15.7. The van der Waals surface area contributed by atoms with Crippen LogP contribution in [0.4, 0.5) is 24.8 Å². The summed E-state index contributed by atoms with van der Waals surface area (Å²) in [6.07, 6.45) is 6.42. The van der Waals surface area contributed by atoms with Crippen molar-refractivity contribution in [1.82, 2.24) is 39.1 Å². The minimum Gasteiger partial charge on any atom is -0.342 e. The van der Waals surface area contributed by atoms with Gasteiger partial charge in [-0.25, -0.2) is 9.37 Å². The smallest absolute Gasteiger partial charge is 0.333 e. The van der Waals surface area contributed by atoms with Crippen molar-refractivity contribution in [3.05, 3.63) is 77.2 Å². The van der Waals surface area contributed by atoms with Gasteiger partial charge in [-0.3, -0.25) is 14.2 Å². The van der Waals surface area contributed by atoms with E-state index >= 15 is 8.78 Å². The van der Waals surface area contributed by atoms with Crippen LogP contribution in [0.1, 0.15) is 23.1 Å². The summed E-state index contributed by atoms with van der Waals surface area (Å²) in [6, 6.07) is 7.17. The van der Waals surface area contributed by atoms with Crippen molar-refractivity contribution in [2.75, 3.05) is 12.0 Å².